The second-order valence-corrected chi connectivity index (χ2v) is 9.14. The minimum atomic E-state index is -3.25. The van der Waals surface area contributed by atoms with Crippen molar-refractivity contribution in [2.45, 2.75) is 45.2 Å². The molecule has 3 aromatic heterocycles. The summed E-state index contributed by atoms with van der Waals surface area (Å²) in [6.45, 7) is 1.66. The molecule has 14 heteroatoms. The average Bonchev–Trinajstić information content (AvgIpc) is 3.34. The van der Waals surface area contributed by atoms with Gasteiger partial charge >= 0.3 is 0 Å². The molecule has 5 rings (SSSR count). The number of nitrogens with zero attached hydrogens (tertiary/aromatic N) is 6. The third-order valence-electron chi connectivity index (χ3n) is 6.64. The van der Waals surface area contributed by atoms with Crippen LogP contribution in [-0.4, -0.2) is 73.5 Å². The summed E-state index contributed by atoms with van der Waals surface area (Å²) in [5.41, 5.74) is 1.40. The number of likely N-dealkylation sites (tertiary alicyclic amines) is 1. The van der Waals surface area contributed by atoms with Gasteiger partial charge in [0.1, 0.15) is 11.3 Å². The Morgan fingerprint density at radius 2 is 2.05 bits per heavy atom. The lowest BCUT2D eigenvalue weighted by Gasteiger charge is -2.38. The summed E-state index contributed by atoms with van der Waals surface area (Å²) in [7, 11) is 1.30. The number of halogens is 5. The second-order valence-electron chi connectivity index (χ2n) is 9.14. The van der Waals surface area contributed by atoms with Crippen molar-refractivity contribution in [1.29, 1.82) is 0 Å². The SMILES string of the molecule is COc1nc(N[C@@H]2CCN(C(C)=O)CC2(F)F)nn2cc(F)c(-c3ccc4nc(C)n(CC(F)F)c4c3)c12. The molecule has 1 fully saturated rings. The maximum Gasteiger partial charge on any atom is 0.285 e. The van der Waals surface area contributed by atoms with Crippen molar-refractivity contribution in [3.05, 3.63) is 36.0 Å². The fourth-order valence-corrected chi connectivity index (χ4v) is 4.81. The zero-order valence-corrected chi connectivity index (χ0v) is 20.7. The number of anilines is 1. The van der Waals surface area contributed by atoms with Gasteiger partial charge in [0.25, 0.3) is 12.3 Å². The van der Waals surface area contributed by atoms with Crippen molar-refractivity contribution in [2.75, 3.05) is 25.5 Å². The first-order valence-corrected chi connectivity index (χ1v) is 11.8. The number of carbonyl (C=O) groups excluding carboxylic acids is 1. The smallest absolute Gasteiger partial charge is 0.285 e. The molecule has 0 radical (unpaired) electrons. The molecule has 1 N–H and O–H groups in total. The summed E-state index contributed by atoms with van der Waals surface area (Å²) >= 11 is 0. The molecule has 9 nitrogen and oxygen atoms in total. The van der Waals surface area contributed by atoms with Crippen LogP contribution in [0.2, 0.25) is 0 Å². The summed E-state index contributed by atoms with van der Waals surface area (Å²) in [4.78, 5) is 21.1. The number of methoxy groups -OCH3 is 1. The number of rotatable bonds is 6. The first-order chi connectivity index (χ1) is 18.0. The summed E-state index contributed by atoms with van der Waals surface area (Å²) in [5.74, 6) is -4.30. The van der Waals surface area contributed by atoms with E-state index in [1.54, 1.807) is 25.1 Å². The van der Waals surface area contributed by atoms with E-state index < -0.39 is 43.2 Å². The second kappa shape index (κ2) is 9.40. The number of imidazole rings is 1. The van der Waals surface area contributed by atoms with Crippen LogP contribution in [0.15, 0.2) is 24.4 Å². The Labute approximate surface area is 213 Å². The lowest BCUT2D eigenvalue weighted by atomic mass is 10.0. The van der Waals surface area contributed by atoms with Crippen LogP contribution < -0.4 is 10.1 Å². The van der Waals surface area contributed by atoms with Crippen LogP contribution in [0, 0.1) is 12.7 Å². The van der Waals surface area contributed by atoms with Crippen LogP contribution in [0.5, 0.6) is 5.88 Å². The number of alkyl halides is 4. The molecule has 0 spiro atoms. The van der Waals surface area contributed by atoms with E-state index in [2.05, 4.69) is 20.4 Å². The average molecular weight is 537 g/mol. The fourth-order valence-electron chi connectivity index (χ4n) is 4.81. The van der Waals surface area contributed by atoms with Crippen molar-refractivity contribution < 1.29 is 31.5 Å². The van der Waals surface area contributed by atoms with Crippen molar-refractivity contribution in [2.24, 2.45) is 0 Å². The van der Waals surface area contributed by atoms with Crippen LogP contribution in [0.1, 0.15) is 19.2 Å². The molecule has 202 valence electrons. The van der Waals surface area contributed by atoms with Crippen LogP contribution in [0.3, 0.4) is 0 Å². The van der Waals surface area contributed by atoms with E-state index >= 15 is 4.39 Å². The zero-order chi connectivity index (χ0) is 27.4. The van der Waals surface area contributed by atoms with Gasteiger partial charge in [0.15, 0.2) is 5.82 Å². The Balaban J connectivity index is 1.54. The van der Waals surface area contributed by atoms with Gasteiger partial charge in [-0.25, -0.2) is 31.5 Å². The molecule has 1 saturated heterocycles. The molecule has 4 aromatic rings. The lowest BCUT2D eigenvalue weighted by molar-refractivity contribution is -0.140. The van der Waals surface area contributed by atoms with Crippen molar-refractivity contribution in [1.82, 2.24) is 29.0 Å². The Morgan fingerprint density at radius 1 is 1.29 bits per heavy atom. The van der Waals surface area contributed by atoms with Crippen LogP contribution in [-0.2, 0) is 11.3 Å². The van der Waals surface area contributed by atoms with E-state index in [4.69, 9.17) is 4.74 Å². The van der Waals surface area contributed by atoms with Gasteiger partial charge in [-0.05, 0) is 31.0 Å². The first-order valence-electron chi connectivity index (χ1n) is 11.8. The van der Waals surface area contributed by atoms with Crippen molar-refractivity contribution in [3.63, 3.8) is 0 Å². The van der Waals surface area contributed by atoms with Gasteiger partial charge in [-0.15, -0.1) is 5.10 Å². The van der Waals surface area contributed by atoms with E-state index in [1.807, 2.05) is 0 Å². The summed E-state index contributed by atoms with van der Waals surface area (Å²) < 4.78 is 78.9. The molecule has 0 saturated carbocycles. The minimum absolute atomic E-state index is 0.0483. The number of hydrogen-bond acceptors (Lipinski definition) is 6. The van der Waals surface area contributed by atoms with Gasteiger partial charge in [-0.1, -0.05) is 6.07 Å². The highest BCUT2D eigenvalue weighted by molar-refractivity contribution is 5.90. The Kier molecular flexibility index (Phi) is 6.35. The van der Waals surface area contributed by atoms with Gasteiger partial charge in [0.2, 0.25) is 17.7 Å². The normalized spacial score (nSPS) is 17.5. The molecule has 0 bridgehead atoms. The molecule has 38 heavy (non-hydrogen) atoms. The van der Waals surface area contributed by atoms with E-state index in [-0.39, 0.29) is 35.9 Å². The largest absolute Gasteiger partial charge is 0.479 e. The summed E-state index contributed by atoms with van der Waals surface area (Å²) in [6.07, 6.45) is -1.60. The van der Waals surface area contributed by atoms with E-state index in [9.17, 15) is 22.4 Å². The molecule has 0 unspecified atom stereocenters. The number of hydrogen-bond donors (Lipinski definition) is 1. The molecule has 4 heterocycles. The Bertz CT molecular complexity index is 1530. The molecule has 1 aliphatic heterocycles. The number of nitrogens with one attached hydrogen (secondary N) is 1. The molecule has 1 atom stereocenters. The van der Waals surface area contributed by atoms with Gasteiger partial charge in [-0.3, -0.25) is 4.79 Å². The zero-order valence-electron chi connectivity index (χ0n) is 20.7. The summed E-state index contributed by atoms with van der Waals surface area (Å²) in [6, 6.07) is 3.38. The van der Waals surface area contributed by atoms with Crippen LogP contribution in [0.4, 0.5) is 27.9 Å². The number of piperidine rings is 1. The minimum Gasteiger partial charge on any atom is -0.479 e. The number of ether oxygens (including phenoxy) is 1. The van der Waals surface area contributed by atoms with Gasteiger partial charge in [0, 0.05) is 13.5 Å². The third-order valence-corrected chi connectivity index (χ3v) is 6.64. The van der Waals surface area contributed by atoms with E-state index in [0.717, 1.165) is 15.6 Å². The fraction of sp³-hybridized carbons (Fsp3) is 0.417. The third kappa shape index (κ3) is 4.47. The number of fused-ring (bicyclic) bond motifs is 2. The Morgan fingerprint density at radius 3 is 2.71 bits per heavy atom. The summed E-state index contributed by atoms with van der Waals surface area (Å²) in [5, 5.41) is 6.77. The van der Waals surface area contributed by atoms with Crippen molar-refractivity contribution in [3.8, 4) is 17.0 Å². The predicted octanol–water partition coefficient (Wildman–Crippen LogP) is 4.14. The number of benzene rings is 1. The molecule has 1 amide bonds. The molecule has 1 aliphatic rings. The van der Waals surface area contributed by atoms with Gasteiger partial charge < -0.3 is 19.5 Å². The number of amides is 1. The lowest BCUT2D eigenvalue weighted by Crippen LogP contribution is -2.55. The highest BCUT2D eigenvalue weighted by Crippen LogP contribution is 2.36. The standard InChI is InChI=1S/C24H24F5N7O2/c1-12-30-16-5-4-14(8-17(16)35(12)10-19(26)27)20-15(25)9-36-21(20)22(38-3)32-23(33-36)31-18-6-7-34(13(2)37)11-24(18,28)29/h4-5,8-9,18-19H,6-7,10-11H2,1-3H3,(H,31,33)/t18-/m1/s1. The van der Waals surface area contributed by atoms with Crippen molar-refractivity contribution >= 4 is 28.4 Å². The topological polar surface area (TPSA) is 89.6 Å². The maximum absolute atomic E-state index is 15.3. The van der Waals surface area contributed by atoms with Gasteiger partial charge in [-0.2, -0.15) is 4.98 Å². The first kappa shape index (κ1) is 25.7. The number of aryl methyl sites for hydroxylation is 1. The highest BCUT2D eigenvalue weighted by atomic mass is 19.3. The van der Waals surface area contributed by atoms with E-state index in [0.29, 0.717) is 22.4 Å². The van der Waals surface area contributed by atoms with Crippen LogP contribution >= 0.6 is 0 Å². The molecule has 1 aromatic carbocycles. The Hall–Kier alpha value is -3.97. The monoisotopic (exact) mass is 537 g/mol. The number of aromatic nitrogens is 5. The van der Waals surface area contributed by atoms with E-state index in [1.165, 1.54) is 18.6 Å². The number of carbonyl (C=O) groups is 1. The quantitative estimate of drug-likeness (QED) is 0.372. The van der Waals surface area contributed by atoms with Gasteiger partial charge in [0.05, 0.1) is 49.0 Å². The molecular weight excluding hydrogens is 513 g/mol. The maximum atomic E-state index is 15.3. The molecular formula is C24H24F5N7O2. The highest BCUT2D eigenvalue weighted by Gasteiger charge is 2.46. The van der Waals surface area contributed by atoms with Crippen LogP contribution in [0.25, 0.3) is 27.7 Å². The predicted molar refractivity (Wildman–Crippen MR) is 128 cm³/mol. The molecule has 0 aliphatic carbocycles.